The maximum Gasteiger partial charge on any atom is 0.319 e. The first-order valence-corrected chi connectivity index (χ1v) is 10.1. The third-order valence-corrected chi connectivity index (χ3v) is 5.76. The molecular weight excluding hydrogens is 360 g/mol. The molecule has 4 rings (SSSR count). The van der Waals surface area contributed by atoms with Crippen LogP contribution in [0.5, 0.6) is 5.75 Å². The Bertz CT molecular complexity index is 713. The van der Waals surface area contributed by atoms with Crippen LogP contribution in [0.25, 0.3) is 0 Å². The van der Waals surface area contributed by atoms with Crippen molar-refractivity contribution < 1.29 is 19.1 Å². The van der Waals surface area contributed by atoms with Gasteiger partial charge < -0.3 is 25.4 Å². The Balaban J connectivity index is 1.34. The molecule has 2 saturated heterocycles. The van der Waals surface area contributed by atoms with Gasteiger partial charge in [-0.3, -0.25) is 9.69 Å². The highest BCUT2D eigenvalue weighted by atomic mass is 16.5. The first-order valence-electron chi connectivity index (χ1n) is 10.1. The van der Waals surface area contributed by atoms with Crippen LogP contribution in [0.1, 0.15) is 26.2 Å². The van der Waals surface area contributed by atoms with E-state index in [1.807, 2.05) is 0 Å². The smallest absolute Gasteiger partial charge is 0.319 e. The molecule has 8 nitrogen and oxygen atoms in total. The SMILES string of the molecule is C[C@@H]1Oc2ccc(NC(=O)NC[C@H]([C@H]3CCOC3)N3CCCC3)cc2NC1=O. The predicted octanol–water partition coefficient (Wildman–Crippen LogP) is 2.03. The Morgan fingerprint density at radius 3 is 2.93 bits per heavy atom. The van der Waals surface area contributed by atoms with Crippen molar-refractivity contribution in [1.29, 1.82) is 0 Å². The van der Waals surface area contributed by atoms with Crippen molar-refractivity contribution in [3.8, 4) is 5.75 Å². The molecule has 3 aliphatic rings. The minimum Gasteiger partial charge on any atom is -0.479 e. The second kappa shape index (κ2) is 8.36. The van der Waals surface area contributed by atoms with E-state index in [4.69, 9.17) is 9.47 Å². The van der Waals surface area contributed by atoms with Gasteiger partial charge in [0.15, 0.2) is 6.10 Å². The average Bonchev–Trinajstić information content (AvgIpc) is 3.38. The minimum absolute atomic E-state index is 0.193. The van der Waals surface area contributed by atoms with Crippen molar-refractivity contribution in [2.24, 2.45) is 5.92 Å². The molecule has 0 bridgehead atoms. The summed E-state index contributed by atoms with van der Waals surface area (Å²) in [5, 5.41) is 8.65. The van der Waals surface area contributed by atoms with Crippen LogP contribution in [0.3, 0.4) is 0 Å². The van der Waals surface area contributed by atoms with E-state index in [0.717, 1.165) is 32.7 Å². The number of carbonyl (C=O) groups excluding carboxylic acids is 2. The van der Waals surface area contributed by atoms with E-state index in [1.54, 1.807) is 25.1 Å². The Hall–Kier alpha value is -2.32. The van der Waals surface area contributed by atoms with Crippen molar-refractivity contribution >= 4 is 23.3 Å². The van der Waals surface area contributed by atoms with Gasteiger partial charge in [-0.2, -0.15) is 0 Å². The largest absolute Gasteiger partial charge is 0.479 e. The summed E-state index contributed by atoms with van der Waals surface area (Å²) in [6.45, 7) is 6.06. The zero-order valence-corrected chi connectivity index (χ0v) is 16.2. The van der Waals surface area contributed by atoms with E-state index >= 15 is 0 Å². The molecule has 3 heterocycles. The summed E-state index contributed by atoms with van der Waals surface area (Å²) in [6.07, 6.45) is 2.97. The van der Waals surface area contributed by atoms with E-state index < -0.39 is 6.10 Å². The number of ether oxygens (including phenoxy) is 2. The highest BCUT2D eigenvalue weighted by molar-refractivity contribution is 5.99. The number of hydrogen-bond acceptors (Lipinski definition) is 5. The van der Waals surface area contributed by atoms with Crippen molar-refractivity contribution in [3.05, 3.63) is 18.2 Å². The molecule has 3 atom stereocenters. The molecule has 2 fully saturated rings. The van der Waals surface area contributed by atoms with Crippen LogP contribution in [0.15, 0.2) is 18.2 Å². The summed E-state index contributed by atoms with van der Waals surface area (Å²) >= 11 is 0. The fraction of sp³-hybridized carbons (Fsp3) is 0.600. The molecule has 0 spiro atoms. The second-order valence-electron chi connectivity index (χ2n) is 7.73. The lowest BCUT2D eigenvalue weighted by Crippen LogP contribution is -2.48. The zero-order valence-electron chi connectivity index (χ0n) is 16.2. The highest BCUT2D eigenvalue weighted by Crippen LogP contribution is 2.32. The number of anilines is 2. The molecule has 3 amide bonds. The molecule has 28 heavy (non-hydrogen) atoms. The summed E-state index contributed by atoms with van der Waals surface area (Å²) < 4.78 is 11.1. The van der Waals surface area contributed by atoms with Gasteiger partial charge in [0.1, 0.15) is 5.75 Å². The Morgan fingerprint density at radius 2 is 2.18 bits per heavy atom. The van der Waals surface area contributed by atoms with Gasteiger partial charge in [0, 0.05) is 30.8 Å². The third kappa shape index (κ3) is 4.23. The first kappa shape index (κ1) is 19.0. The molecule has 0 aromatic heterocycles. The van der Waals surface area contributed by atoms with Crippen LogP contribution in [-0.2, 0) is 9.53 Å². The average molecular weight is 388 g/mol. The van der Waals surface area contributed by atoms with Gasteiger partial charge in [-0.05, 0) is 57.5 Å². The van der Waals surface area contributed by atoms with Crippen molar-refractivity contribution in [2.75, 3.05) is 43.5 Å². The standard InChI is InChI=1S/C20H28N4O4/c1-13-19(25)23-16-10-15(4-5-18(16)28-13)22-20(26)21-11-17(14-6-9-27-12-14)24-7-2-3-8-24/h4-5,10,13-14,17H,2-3,6-9,11-12H2,1H3,(H,23,25)(H2,21,22,26)/t13-,14-,17+/m0/s1. The number of hydrogen-bond donors (Lipinski definition) is 3. The van der Waals surface area contributed by atoms with E-state index in [2.05, 4.69) is 20.9 Å². The van der Waals surface area contributed by atoms with Crippen LogP contribution < -0.4 is 20.7 Å². The fourth-order valence-electron chi connectivity index (χ4n) is 4.18. The number of benzene rings is 1. The number of nitrogens with one attached hydrogen (secondary N) is 3. The second-order valence-corrected chi connectivity index (χ2v) is 7.73. The van der Waals surface area contributed by atoms with E-state index in [0.29, 0.717) is 35.6 Å². The van der Waals surface area contributed by atoms with E-state index in [9.17, 15) is 9.59 Å². The minimum atomic E-state index is -0.517. The van der Waals surface area contributed by atoms with Crippen LogP contribution >= 0.6 is 0 Å². The number of urea groups is 1. The maximum atomic E-state index is 12.4. The molecule has 3 aliphatic heterocycles. The van der Waals surface area contributed by atoms with Crippen molar-refractivity contribution in [1.82, 2.24) is 10.2 Å². The normalized spacial score (nSPS) is 25.5. The Morgan fingerprint density at radius 1 is 1.36 bits per heavy atom. The molecule has 0 saturated carbocycles. The number of fused-ring (bicyclic) bond motifs is 1. The molecule has 152 valence electrons. The molecule has 0 radical (unpaired) electrons. The molecule has 1 aromatic carbocycles. The highest BCUT2D eigenvalue weighted by Gasteiger charge is 2.32. The summed E-state index contributed by atoms with van der Waals surface area (Å²) in [7, 11) is 0. The van der Waals surface area contributed by atoms with Crippen molar-refractivity contribution in [2.45, 2.75) is 38.3 Å². The van der Waals surface area contributed by atoms with E-state index in [1.165, 1.54) is 12.8 Å². The zero-order chi connectivity index (χ0) is 19.5. The number of amides is 3. The quantitative estimate of drug-likeness (QED) is 0.718. The summed E-state index contributed by atoms with van der Waals surface area (Å²) in [4.78, 5) is 26.7. The number of likely N-dealkylation sites (tertiary alicyclic amines) is 1. The van der Waals surface area contributed by atoms with Crippen LogP contribution in [0.2, 0.25) is 0 Å². The van der Waals surface area contributed by atoms with Crippen LogP contribution in [0.4, 0.5) is 16.2 Å². The molecule has 0 aliphatic carbocycles. The molecule has 0 unspecified atom stereocenters. The van der Waals surface area contributed by atoms with Gasteiger partial charge in [0.05, 0.1) is 12.3 Å². The molecule has 1 aromatic rings. The van der Waals surface area contributed by atoms with Gasteiger partial charge in [0.25, 0.3) is 5.91 Å². The fourth-order valence-corrected chi connectivity index (χ4v) is 4.18. The molecule has 3 N–H and O–H groups in total. The summed E-state index contributed by atoms with van der Waals surface area (Å²) in [5.74, 6) is 0.881. The lowest BCUT2D eigenvalue weighted by Gasteiger charge is -2.32. The van der Waals surface area contributed by atoms with Gasteiger partial charge in [-0.1, -0.05) is 0 Å². The van der Waals surface area contributed by atoms with Gasteiger partial charge in [0.2, 0.25) is 0 Å². The van der Waals surface area contributed by atoms with Crippen LogP contribution in [0, 0.1) is 5.92 Å². The third-order valence-electron chi connectivity index (χ3n) is 5.76. The van der Waals surface area contributed by atoms with Crippen LogP contribution in [-0.4, -0.2) is 61.8 Å². The van der Waals surface area contributed by atoms with Gasteiger partial charge in [-0.15, -0.1) is 0 Å². The molecular formula is C20H28N4O4. The summed E-state index contributed by atoms with van der Waals surface area (Å²) in [5.41, 5.74) is 1.18. The lowest BCUT2D eigenvalue weighted by molar-refractivity contribution is -0.122. The first-order chi connectivity index (χ1) is 13.6. The number of carbonyl (C=O) groups is 2. The topological polar surface area (TPSA) is 91.9 Å². The van der Waals surface area contributed by atoms with Gasteiger partial charge in [-0.25, -0.2) is 4.79 Å². The Labute approximate surface area is 164 Å². The summed E-state index contributed by atoms with van der Waals surface area (Å²) in [6, 6.07) is 5.30. The Kier molecular flexibility index (Phi) is 5.68. The monoisotopic (exact) mass is 388 g/mol. The lowest BCUT2D eigenvalue weighted by atomic mass is 9.97. The predicted molar refractivity (Wildman–Crippen MR) is 106 cm³/mol. The maximum absolute atomic E-state index is 12.4. The van der Waals surface area contributed by atoms with Gasteiger partial charge >= 0.3 is 6.03 Å². The number of nitrogens with zero attached hydrogens (tertiary/aromatic N) is 1. The molecule has 8 heteroatoms. The van der Waals surface area contributed by atoms with E-state index in [-0.39, 0.29) is 11.9 Å². The number of rotatable bonds is 5. The van der Waals surface area contributed by atoms with Crippen molar-refractivity contribution in [3.63, 3.8) is 0 Å².